The number of ether oxygens (including phenoxy) is 1. The van der Waals surface area contributed by atoms with Crippen LogP contribution in [0.5, 0.6) is 5.75 Å². The van der Waals surface area contributed by atoms with E-state index in [0.29, 0.717) is 17.5 Å². The molecule has 0 aliphatic heterocycles. The van der Waals surface area contributed by atoms with Gasteiger partial charge in [0.1, 0.15) is 12.4 Å². The van der Waals surface area contributed by atoms with Gasteiger partial charge in [-0.2, -0.15) is 13.2 Å². The molecule has 2 aromatic rings. The van der Waals surface area contributed by atoms with Gasteiger partial charge in [-0.1, -0.05) is 30.7 Å². The summed E-state index contributed by atoms with van der Waals surface area (Å²) in [5.74, 6) is -0.271. The minimum atomic E-state index is -4.52. The highest BCUT2D eigenvalue weighted by Crippen LogP contribution is 2.37. The lowest BCUT2D eigenvalue weighted by Gasteiger charge is -2.17. The average molecular weight is 357 g/mol. The van der Waals surface area contributed by atoms with Crippen molar-refractivity contribution in [1.82, 2.24) is 0 Å². The van der Waals surface area contributed by atoms with Crippen LogP contribution >= 0.6 is 11.6 Å². The number of rotatable bonds is 5. The smallest absolute Gasteiger partial charge is 0.419 e. The monoisotopic (exact) mass is 356 g/mol. The normalized spacial score (nSPS) is 11.4. The predicted molar refractivity (Wildman–Crippen MR) is 86.5 cm³/mol. The maximum absolute atomic E-state index is 13.2. The number of aryl methyl sites for hydroxylation is 2. The third-order valence-corrected chi connectivity index (χ3v) is 3.88. The number of hydrogen-bond acceptors (Lipinski definition) is 2. The molecule has 0 fully saturated rings. The number of carbonyl (C=O) groups excluding carboxylic acids is 1. The Labute approximate surface area is 143 Å². The maximum atomic E-state index is 13.2. The molecule has 0 spiro atoms. The van der Waals surface area contributed by atoms with Crippen molar-refractivity contribution in [3.63, 3.8) is 0 Å². The van der Waals surface area contributed by atoms with E-state index in [9.17, 15) is 18.0 Å². The van der Waals surface area contributed by atoms with E-state index in [1.165, 1.54) is 12.1 Å². The fourth-order valence-electron chi connectivity index (χ4n) is 2.46. The van der Waals surface area contributed by atoms with Crippen molar-refractivity contribution < 1.29 is 22.7 Å². The lowest BCUT2D eigenvalue weighted by Crippen LogP contribution is -2.11. The average Bonchev–Trinajstić information content (AvgIpc) is 2.52. The first-order valence-corrected chi connectivity index (χ1v) is 7.73. The van der Waals surface area contributed by atoms with Gasteiger partial charge in [-0.15, -0.1) is 0 Å². The number of halogens is 4. The van der Waals surface area contributed by atoms with E-state index in [4.69, 9.17) is 16.3 Å². The van der Waals surface area contributed by atoms with Crippen LogP contribution in [0.15, 0.2) is 36.4 Å². The van der Waals surface area contributed by atoms with E-state index in [1.807, 2.05) is 6.92 Å². The van der Waals surface area contributed by atoms with E-state index in [-0.39, 0.29) is 17.9 Å². The van der Waals surface area contributed by atoms with Gasteiger partial charge in [-0.25, -0.2) is 0 Å². The van der Waals surface area contributed by atoms with Crippen LogP contribution in [-0.2, 0) is 19.2 Å². The van der Waals surface area contributed by atoms with E-state index >= 15 is 0 Å². The molecule has 0 saturated heterocycles. The van der Waals surface area contributed by atoms with Crippen LogP contribution in [0.25, 0.3) is 0 Å². The summed E-state index contributed by atoms with van der Waals surface area (Å²) in [4.78, 5) is 11.5. The van der Waals surface area contributed by atoms with Gasteiger partial charge in [0, 0.05) is 11.1 Å². The molecule has 2 nitrogen and oxygen atoms in total. The second-order valence-electron chi connectivity index (χ2n) is 5.36. The quantitative estimate of drug-likeness (QED) is 0.658. The molecular formula is C18H16ClF3O2. The molecule has 0 unspecified atom stereocenters. The Kier molecular flexibility index (Phi) is 5.54. The molecule has 0 aromatic heterocycles. The fraction of sp³-hybridized carbons (Fsp3) is 0.278. The summed E-state index contributed by atoms with van der Waals surface area (Å²) >= 11 is 5.57. The highest BCUT2D eigenvalue weighted by Gasteiger charge is 2.34. The summed E-state index contributed by atoms with van der Waals surface area (Å²) in [5, 5.41) is -0.663. The van der Waals surface area contributed by atoms with Crippen molar-refractivity contribution in [2.24, 2.45) is 0 Å². The van der Waals surface area contributed by atoms with Crippen molar-refractivity contribution in [2.75, 3.05) is 0 Å². The van der Waals surface area contributed by atoms with Crippen molar-refractivity contribution in [2.45, 2.75) is 33.1 Å². The van der Waals surface area contributed by atoms with Crippen LogP contribution in [0.3, 0.4) is 0 Å². The fourth-order valence-corrected chi connectivity index (χ4v) is 2.64. The van der Waals surface area contributed by atoms with E-state index in [0.717, 1.165) is 11.6 Å². The zero-order valence-corrected chi connectivity index (χ0v) is 14.0. The van der Waals surface area contributed by atoms with Crippen LogP contribution in [0.2, 0.25) is 0 Å². The number of carbonyl (C=O) groups is 1. The number of hydrogen-bond donors (Lipinski definition) is 0. The van der Waals surface area contributed by atoms with E-state index in [2.05, 4.69) is 0 Å². The van der Waals surface area contributed by atoms with E-state index in [1.54, 1.807) is 25.1 Å². The Morgan fingerprint density at radius 2 is 1.92 bits per heavy atom. The third-order valence-electron chi connectivity index (χ3n) is 3.68. The molecule has 0 saturated carbocycles. The second-order valence-corrected chi connectivity index (χ2v) is 5.70. The van der Waals surface area contributed by atoms with Gasteiger partial charge in [0.25, 0.3) is 5.24 Å². The van der Waals surface area contributed by atoms with Gasteiger partial charge in [-0.05, 0) is 48.7 Å². The number of alkyl halides is 3. The molecule has 2 aromatic carbocycles. The molecule has 0 aliphatic rings. The van der Waals surface area contributed by atoms with Gasteiger partial charge in [0.05, 0.1) is 5.56 Å². The highest BCUT2D eigenvalue weighted by molar-refractivity contribution is 6.67. The molecule has 0 bridgehead atoms. The van der Waals surface area contributed by atoms with Crippen LogP contribution < -0.4 is 4.74 Å². The minimum absolute atomic E-state index is 0.163. The predicted octanol–water partition coefficient (Wildman–Crippen LogP) is 5.53. The summed E-state index contributed by atoms with van der Waals surface area (Å²) in [6.07, 6.45) is -3.91. The maximum Gasteiger partial charge on any atom is 0.419 e. The molecule has 128 valence electrons. The summed E-state index contributed by atoms with van der Waals surface area (Å²) in [6, 6.07) is 8.88. The molecule has 2 rings (SSSR count). The van der Waals surface area contributed by atoms with Gasteiger partial charge < -0.3 is 4.74 Å². The van der Waals surface area contributed by atoms with Crippen molar-refractivity contribution in [3.05, 3.63) is 64.2 Å². The lowest BCUT2D eigenvalue weighted by atomic mass is 10.0. The summed E-state index contributed by atoms with van der Waals surface area (Å²) in [7, 11) is 0. The first kappa shape index (κ1) is 18.3. The Bertz CT molecular complexity index is 754. The van der Waals surface area contributed by atoms with Crippen LogP contribution in [-0.4, -0.2) is 5.24 Å². The van der Waals surface area contributed by atoms with Crippen molar-refractivity contribution in [1.29, 1.82) is 0 Å². The molecule has 0 N–H and O–H groups in total. The third kappa shape index (κ3) is 4.09. The standard InChI is InChI=1S/C18H16ClF3O2/c1-3-12-5-4-6-13(17(19)23)14(12)10-24-16-8-7-11(2)9-15(16)18(20,21)22/h4-9H,3,10H2,1-2H3. The molecule has 6 heteroatoms. The Hall–Kier alpha value is -2.01. The molecule has 0 atom stereocenters. The van der Waals surface area contributed by atoms with Crippen LogP contribution in [0, 0.1) is 6.92 Å². The lowest BCUT2D eigenvalue weighted by molar-refractivity contribution is -0.139. The van der Waals surface area contributed by atoms with Crippen LogP contribution in [0.1, 0.15) is 39.5 Å². The number of benzene rings is 2. The van der Waals surface area contributed by atoms with Crippen molar-refractivity contribution in [3.8, 4) is 5.75 Å². The Balaban J connectivity index is 2.38. The molecule has 0 heterocycles. The Morgan fingerprint density at radius 1 is 1.21 bits per heavy atom. The first-order valence-electron chi connectivity index (χ1n) is 7.35. The molecular weight excluding hydrogens is 341 g/mol. The minimum Gasteiger partial charge on any atom is -0.488 e. The van der Waals surface area contributed by atoms with Gasteiger partial charge in [-0.3, -0.25) is 4.79 Å². The Morgan fingerprint density at radius 3 is 2.50 bits per heavy atom. The molecule has 0 radical (unpaired) electrons. The topological polar surface area (TPSA) is 26.3 Å². The van der Waals surface area contributed by atoms with Gasteiger partial charge in [0.15, 0.2) is 0 Å². The second kappa shape index (κ2) is 7.26. The molecule has 24 heavy (non-hydrogen) atoms. The summed E-state index contributed by atoms with van der Waals surface area (Å²) < 4.78 is 44.9. The zero-order chi connectivity index (χ0) is 17.9. The summed E-state index contributed by atoms with van der Waals surface area (Å²) in [6.45, 7) is 3.30. The zero-order valence-electron chi connectivity index (χ0n) is 13.2. The van der Waals surface area contributed by atoms with Gasteiger partial charge >= 0.3 is 6.18 Å². The van der Waals surface area contributed by atoms with Gasteiger partial charge in [0.2, 0.25) is 0 Å². The van der Waals surface area contributed by atoms with E-state index < -0.39 is 17.0 Å². The van der Waals surface area contributed by atoms with Crippen LogP contribution in [0.4, 0.5) is 13.2 Å². The van der Waals surface area contributed by atoms with Crippen molar-refractivity contribution >= 4 is 16.8 Å². The SMILES string of the molecule is CCc1cccc(C(=O)Cl)c1COc1ccc(C)cc1C(F)(F)F. The molecule has 0 amide bonds. The largest absolute Gasteiger partial charge is 0.488 e. The first-order chi connectivity index (χ1) is 11.2. The molecule has 0 aliphatic carbocycles. The summed E-state index contributed by atoms with van der Waals surface area (Å²) in [5.41, 5.74) is 1.21. The highest BCUT2D eigenvalue weighted by atomic mass is 35.5.